The van der Waals surface area contributed by atoms with Gasteiger partial charge in [-0.25, -0.2) is 0 Å². The molecule has 1 fully saturated rings. The van der Waals surface area contributed by atoms with Gasteiger partial charge in [-0.1, -0.05) is 0 Å². The zero-order valence-electron chi connectivity index (χ0n) is 8.75. The van der Waals surface area contributed by atoms with Gasteiger partial charge in [-0.3, -0.25) is 0 Å². The fourth-order valence-electron chi connectivity index (χ4n) is 1.92. The standard InChI is InChI=1S/C11H17NO2/c1-8-3-6-14-11(8)9(2)12-10-4-5-13-7-10/h3,6,9-10,12H,4-5,7H2,1-2H3. The van der Waals surface area contributed by atoms with Gasteiger partial charge in [0, 0.05) is 12.6 Å². The summed E-state index contributed by atoms with van der Waals surface area (Å²) >= 11 is 0. The number of hydrogen-bond donors (Lipinski definition) is 1. The lowest BCUT2D eigenvalue weighted by Gasteiger charge is -2.16. The first-order valence-corrected chi connectivity index (χ1v) is 5.15. The fraction of sp³-hybridized carbons (Fsp3) is 0.636. The zero-order valence-corrected chi connectivity index (χ0v) is 8.75. The minimum absolute atomic E-state index is 0.275. The molecule has 1 aliphatic rings. The van der Waals surface area contributed by atoms with E-state index in [0.717, 1.165) is 25.4 Å². The van der Waals surface area contributed by atoms with E-state index in [0.29, 0.717) is 6.04 Å². The number of hydrogen-bond acceptors (Lipinski definition) is 3. The average Bonchev–Trinajstić information content (AvgIpc) is 2.75. The molecule has 2 heterocycles. The molecule has 0 bridgehead atoms. The molecule has 78 valence electrons. The minimum Gasteiger partial charge on any atom is -0.467 e. The Kier molecular flexibility index (Phi) is 2.89. The monoisotopic (exact) mass is 195 g/mol. The molecule has 14 heavy (non-hydrogen) atoms. The molecule has 3 heteroatoms. The molecule has 1 saturated heterocycles. The molecular formula is C11H17NO2. The second-order valence-corrected chi connectivity index (χ2v) is 3.92. The first kappa shape index (κ1) is 9.74. The van der Waals surface area contributed by atoms with E-state index in [4.69, 9.17) is 9.15 Å². The molecule has 1 aromatic rings. The van der Waals surface area contributed by atoms with E-state index in [9.17, 15) is 0 Å². The van der Waals surface area contributed by atoms with Crippen LogP contribution in [0.3, 0.4) is 0 Å². The summed E-state index contributed by atoms with van der Waals surface area (Å²) in [5, 5.41) is 3.50. The molecule has 1 aliphatic heterocycles. The van der Waals surface area contributed by atoms with Crippen LogP contribution < -0.4 is 5.32 Å². The van der Waals surface area contributed by atoms with Gasteiger partial charge in [0.2, 0.25) is 0 Å². The van der Waals surface area contributed by atoms with Crippen molar-refractivity contribution in [2.45, 2.75) is 32.4 Å². The summed E-state index contributed by atoms with van der Waals surface area (Å²) in [6.45, 7) is 5.90. The number of rotatable bonds is 3. The quantitative estimate of drug-likeness (QED) is 0.801. The Balaban J connectivity index is 1.95. The van der Waals surface area contributed by atoms with Crippen molar-refractivity contribution in [1.82, 2.24) is 5.32 Å². The predicted molar refractivity (Wildman–Crippen MR) is 54.2 cm³/mol. The molecule has 3 nitrogen and oxygen atoms in total. The molecule has 0 saturated carbocycles. The van der Waals surface area contributed by atoms with Gasteiger partial charge in [-0.15, -0.1) is 0 Å². The highest BCUT2D eigenvalue weighted by atomic mass is 16.5. The second kappa shape index (κ2) is 4.15. The van der Waals surface area contributed by atoms with Gasteiger partial charge < -0.3 is 14.5 Å². The molecule has 1 aromatic heterocycles. The Morgan fingerprint density at radius 2 is 2.43 bits per heavy atom. The van der Waals surface area contributed by atoms with Gasteiger partial charge >= 0.3 is 0 Å². The van der Waals surface area contributed by atoms with Crippen LogP contribution in [0.15, 0.2) is 16.7 Å². The summed E-state index contributed by atoms with van der Waals surface area (Å²) in [6.07, 6.45) is 2.85. The van der Waals surface area contributed by atoms with Crippen molar-refractivity contribution in [1.29, 1.82) is 0 Å². The molecule has 0 aromatic carbocycles. The third-order valence-corrected chi connectivity index (χ3v) is 2.71. The molecule has 2 unspecified atom stereocenters. The number of ether oxygens (including phenoxy) is 1. The lowest BCUT2D eigenvalue weighted by Crippen LogP contribution is -2.31. The largest absolute Gasteiger partial charge is 0.467 e. The van der Waals surface area contributed by atoms with Crippen LogP contribution in [0.1, 0.15) is 30.7 Å². The smallest absolute Gasteiger partial charge is 0.123 e. The molecule has 2 rings (SSSR count). The fourth-order valence-corrected chi connectivity index (χ4v) is 1.92. The van der Waals surface area contributed by atoms with Gasteiger partial charge in [-0.05, 0) is 31.9 Å². The van der Waals surface area contributed by atoms with E-state index < -0.39 is 0 Å². The Morgan fingerprint density at radius 3 is 3.00 bits per heavy atom. The maximum Gasteiger partial charge on any atom is 0.123 e. The van der Waals surface area contributed by atoms with Crippen molar-refractivity contribution >= 4 is 0 Å². The SMILES string of the molecule is Cc1ccoc1C(C)NC1CCOC1. The second-order valence-electron chi connectivity index (χ2n) is 3.92. The number of furan rings is 1. The predicted octanol–water partition coefficient (Wildman–Crippen LogP) is 2.03. The van der Waals surface area contributed by atoms with Crippen LogP contribution in [-0.2, 0) is 4.74 Å². The Bertz CT molecular complexity index is 289. The summed E-state index contributed by atoms with van der Waals surface area (Å²) in [5.74, 6) is 1.04. The molecule has 0 spiro atoms. The zero-order chi connectivity index (χ0) is 9.97. The normalized spacial score (nSPS) is 24.0. The maximum atomic E-state index is 5.43. The van der Waals surface area contributed by atoms with Crippen molar-refractivity contribution in [3.63, 3.8) is 0 Å². The van der Waals surface area contributed by atoms with Gasteiger partial charge in [0.05, 0.1) is 18.9 Å². The van der Waals surface area contributed by atoms with Crippen molar-refractivity contribution in [3.8, 4) is 0 Å². The van der Waals surface area contributed by atoms with E-state index in [-0.39, 0.29) is 6.04 Å². The third kappa shape index (κ3) is 1.99. The van der Waals surface area contributed by atoms with E-state index >= 15 is 0 Å². The van der Waals surface area contributed by atoms with Crippen molar-refractivity contribution in [2.75, 3.05) is 13.2 Å². The van der Waals surface area contributed by atoms with Gasteiger partial charge in [0.1, 0.15) is 5.76 Å². The van der Waals surface area contributed by atoms with Gasteiger partial charge in [0.15, 0.2) is 0 Å². The molecule has 2 atom stereocenters. The van der Waals surface area contributed by atoms with E-state index in [1.165, 1.54) is 5.56 Å². The van der Waals surface area contributed by atoms with Gasteiger partial charge in [0.25, 0.3) is 0 Å². The Labute approximate surface area is 84.4 Å². The summed E-state index contributed by atoms with van der Waals surface area (Å²) in [7, 11) is 0. The lowest BCUT2D eigenvalue weighted by atomic mass is 10.1. The van der Waals surface area contributed by atoms with Crippen molar-refractivity contribution < 1.29 is 9.15 Å². The maximum absolute atomic E-state index is 5.43. The molecule has 0 aliphatic carbocycles. The summed E-state index contributed by atoms with van der Waals surface area (Å²) in [5.41, 5.74) is 1.21. The van der Waals surface area contributed by atoms with E-state index in [1.807, 2.05) is 6.07 Å². The summed E-state index contributed by atoms with van der Waals surface area (Å²) in [4.78, 5) is 0. The van der Waals surface area contributed by atoms with Crippen molar-refractivity contribution in [2.24, 2.45) is 0 Å². The molecular weight excluding hydrogens is 178 g/mol. The summed E-state index contributed by atoms with van der Waals surface area (Å²) < 4.78 is 10.7. The lowest BCUT2D eigenvalue weighted by molar-refractivity contribution is 0.187. The topological polar surface area (TPSA) is 34.4 Å². The number of nitrogens with one attached hydrogen (secondary N) is 1. The first-order valence-electron chi connectivity index (χ1n) is 5.15. The van der Waals surface area contributed by atoms with E-state index in [2.05, 4.69) is 19.2 Å². The van der Waals surface area contributed by atoms with Crippen LogP contribution in [0.2, 0.25) is 0 Å². The number of aryl methyl sites for hydroxylation is 1. The Hall–Kier alpha value is -0.800. The molecule has 0 radical (unpaired) electrons. The first-order chi connectivity index (χ1) is 6.77. The van der Waals surface area contributed by atoms with E-state index in [1.54, 1.807) is 6.26 Å². The third-order valence-electron chi connectivity index (χ3n) is 2.71. The van der Waals surface area contributed by atoms with Crippen LogP contribution >= 0.6 is 0 Å². The van der Waals surface area contributed by atoms with Gasteiger partial charge in [-0.2, -0.15) is 0 Å². The van der Waals surface area contributed by atoms with Crippen LogP contribution in [-0.4, -0.2) is 19.3 Å². The highest BCUT2D eigenvalue weighted by molar-refractivity contribution is 5.17. The molecule has 1 N–H and O–H groups in total. The highest BCUT2D eigenvalue weighted by Gasteiger charge is 2.20. The Morgan fingerprint density at radius 1 is 1.57 bits per heavy atom. The molecule has 0 amide bonds. The van der Waals surface area contributed by atoms with Crippen LogP contribution in [0, 0.1) is 6.92 Å². The summed E-state index contributed by atoms with van der Waals surface area (Å²) in [6, 6.07) is 2.75. The van der Waals surface area contributed by atoms with Crippen LogP contribution in [0.4, 0.5) is 0 Å². The highest BCUT2D eigenvalue weighted by Crippen LogP contribution is 2.19. The van der Waals surface area contributed by atoms with Crippen molar-refractivity contribution in [3.05, 3.63) is 23.7 Å². The minimum atomic E-state index is 0.275. The van der Waals surface area contributed by atoms with Crippen LogP contribution in [0.25, 0.3) is 0 Å². The van der Waals surface area contributed by atoms with Crippen LogP contribution in [0.5, 0.6) is 0 Å². The average molecular weight is 195 g/mol.